The minimum Gasteiger partial charge on any atom is -0.303 e. The third-order valence-electron chi connectivity index (χ3n) is 3.80. The summed E-state index contributed by atoms with van der Waals surface area (Å²) < 4.78 is 0. The number of nitrogens with zero attached hydrogens (tertiary/aromatic N) is 2. The molecule has 0 spiro atoms. The lowest BCUT2D eigenvalue weighted by Crippen LogP contribution is -2.40. The van der Waals surface area contributed by atoms with E-state index in [9.17, 15) is 4.79 Å². The molecule has 0 N–H and O–H groups in total. The van der Waals surface area contributed by atoms with Gasteiger partial charge in [0.1, 0.15) is 5.78 Å². The van der Waals surface area contributed by atoms with Crippen molar-refractivity contribution in [2.24, 2.45) is 0 Å². The van der Waals surface area contributed by atoms with Crippen LogP contribution in [0.4, 0.5) is 0 Å². The van der Waals surface area contributed by atoms with Crippen LogP contribution in [0, 0.1) is 0 Å². The van der Waals surface area contributed by atoms with E-state index < -0.39 is 0 Å². The summed E-state index contributed by atoms with van der Waals surface area (Å²) in [7, 11) is 2.20. The van der Waals surface area contributed by atoms with Crippen LogP contribution in [0.5, 0.6) is 0 Å². The summed E-state index contributed by atoms with van der Waals surface area (Å²) in [6, 6.07) is 0.633. The molecular formula is C13H26N2O. The van der Waals surface area contributed by atoms with Crippen molar-refractivity contribution in [3.05, 3.63) is 0 Å². The fourth-order valence-electron chi connectivity index (χ4n) is 2.39. The topological polar surface area (TPSA) is 23.6 Å². The lowest BCUT2D eigenvalue weighted by Gasteiger charge is -2.32. The highest BCUT2D eigenvalue weighted by molar-refractivity contribution is 5.79. The van der Waals surface area contributed by atoms with E-state index in [1.807, 2.05) is 0 Å². The average molecular weight is 226 g/mol. The molecule has 0 aromatic heterocycles. The average Bonchev–Trinajstić information content (AvgIpc) is 2.31. The smallest absolute Gasteiger partial charge is 0.133 e. The van der Waals surface area contributed by atoms with Gasteiger partial charge in [0.05, 0.1) is 0 Å². The van der Waals surface area contributed by atoms with Crippen LogP contribution in [0.2, 0.25) is 0 Å². The van der Waals surface area contributed by atoms with Crippen LogP contribution in [0.15, 0.2) is 0 Å². The van der Waals surface area contributed by atoms with E-state index in [-0.39, 0.29) is 0 Å². The van der Waals surface area contributed by atoms with Gasteiger partial charge in [-0.15, -0.1) is 0 Å². The van der Waals surface area contributed by atoms with Gasteiger partial charge in [0.2, 0.25) is 0 Å². The van der Waals surface area contributed by atoms with E-state index in [0.717, 1.165) is 51.9 Å². The fraction of sp³-hybridized carbons (Fsp3) is 0.923. The van der Waals surface area contributed by atoms with Gasteiger partial charge in [-0.1, -0.05) is 13.8 Å². The van der Waals surface area contributed by atoms with Gasteiger partial charge < -0.3 is 9.80 Å². The molecule has 16 heavy (non-hydrogen) atoms. The molecule has 0 aromatic rings. The Labute approximate surface area is 99.8 Å². The summed E-state index contributed by atoms with van der Waals surface area (Å²) in [4.78, 5) is 16.0. The third kappa shape index (κ3) is 4.22. The molecule has 0 unspecified atom stereocenters. The predicted molar refractivity (Wildman–Crippen MR) is 67.7 cm³/mol. The number of ketones is 1. The van der Waals surface area contributed by atoms with E-state index >= 15 is 0 Å². The second-order valence-electron chi connectivity index (χ2n) is 4.78. The largest absolute Gasteiger partial charge is 0.303 e. The highest BCUT2D eigenvalue weighted by Gasteiger charge is 2.21. The van der Waals surface area contributed by atoms with Crippen LogP contribution in [0.3, 0.4) is 0 Å². The number of likely N-dealkylation sites (N-methyl/N-ethyl adjacent to an activating group) is 2. The quantitative estimate of drug-likeness (QED) is 0.689. The number of hydrogen-bond acceptors (Lipinski definition) is 3. The van der Waals surface area contributed by atoms with Crippen molar-refractivity contribution in [1.82, 2.24) is 9.80 Å². The summed E-state index contributed by atoms with van der Waals surface area (Å²) >= 11 is 0. The maximum atomic E-state index is 11.2. The molecule has 3 nitrogen and oxygen atoms in total. The first-order valence-corrected chi connectivity index (χ1v) is 6.61. The second-order valence-corrected chi connectivity index (χ2v) is 4.78. The van der Waals surface area contributed by atoms with Crippen LogP contribution in [-0.2, 0) is 4.79 Å². The summed E-state index contributed by atoms with van der Waals surface area (Å²) in [6.45, 7) is 8.96. The molecule has 1 aliphatic carbocycles. The molecular weight excluding hydrogens is 200 g/mol. The van der Waals surface area contributed by atoms with Gasteiger partial charge in [-0.2, -0.15) is 0 Å². The maximum absolute atomic E-state index is 11.2. The van der Waals surface area contributed by atoms with E-state index in [1.54, 1.807) is 0 Å². The fourth-order valence-corrected chi connectivity index (χ4v) is 2.39. The van der Waals surface area contributed by atoms with Gasteiger partial charge in [-0.05, 0) is 33.0 Å². The summed E-state index contributed by atoms with van der Waals surface area (Å²) in [5.41, 5.74) is 0. The number of hydrogen-bond donors (Lipinski definition) is 0. The molecule has 0 aromatic carbocycles. The molecule has 3 heteroatoms. The first-order chi connectivity index (χ1) is 7.67. The molecule has 1 rings (SSSR count). The normalized spacial score (nSPS) is 18.7. The Kier molecular flexibility index (Phi) is 5.99. The third-order valence-corrected chi connectivity index (χ3v) is 3.80. The van der Waals surface area contributed by atoms with E-state index in [1.165, 1.54) is 0 Å². The van der Waals surface area contributed by atoms with Gasteiger partial charge >= 0.3 is 0 Å². The van der Waals surface area contributed by atoms with E-state index in [2.05, 4.69) is 30.7 Å². The van der Waals surface area contributed by atoms with E-state index in [0.29, 0.717) is 11.8 Å². The molecule has 0 bridgehead atoms. The summed E-state index contributed by atoms with van der Waals surface area (Å²) in [5.74, 6) is 0.452. The highest BCUT2D eigenvalue weighted by Crippen LogP contribution is 2.19. The maximum Gasteiger partial charge on any atom is 0.133 e. The molecule has 0 atom stereocenters. The van der Waals surface area contributed by atoms with Crippen molar-refractivity contribution in [3.63, 3.8) is 0 Å². The first kappa shape index (κ1) is 13.7. The Bertz CT molecular complexity index is 204. The minimum atomic E-state index is 0.452. The molecule has 1 aliphatic rings. The molecule has 0 amide bonds. The lowest BCUT2D eigenvalue weighted by atomic mass is 9.93. The minimum absolute atomic E-state index is 0.452. The van der Waals surface area contributed by atoms with Crippen LogP contribution >= 0.6 is 0 Å². The SMILES string of the molecule is CCN(CC)CCN(C)C1CCC(=O)CC1. The number of carbonyl (C=O) groups is 1. The zero-order chi connectivity index (χ0) is 12.0. The van der Waals surface area contributed by atoms with E-state index in [4.69, 9.17) is 0 Å². The first-order valence-electron chi connectivity index (χ1n) is 6.61. The van der Waals surface area contributed by atoms with Crippen LogP contribution in [-0.4, -0.2) is 54.9 Å². The van der Waals surface area contributed by atoms with Gasteiger partial charge in [0.25, 0.3) is 0 Å². The molecule has 0 radical (unpaired) electrons. The molecule has 1 saturated carbocycles. The molecule has 0 saturated heterocycles. The van der Waals surface area contributed by atoms with Gasteiger partial charge in [-0.3, -0.25) is 4.79 Å². The Morgan fingerprint density at radius 2 is 1.69 bits per heavy atom. The monoisotopic (exact) mass is 226 g/mol. The number of Topliss-reactive ketones (excluding diaryl/α,β-unsaturated/α-hetero) is 1. The lowest BCUT2D eigenvalue weighted by molar-refractivity contribution is -0.121. The zero-order valence-corrected chi connectivity index (χ0v) is 11.0. The molecule has 1 fully saturated rings. The van der Waals surface area contributed by atoms with Crippen molar-refractivity contribution < 1.29 is 4.79 Å². The highest BCUT2D eigenvalue weighted by atomic mass is 16.1. The van der Waals surface area contributed by atoms with Gasteiger partial charge in [0, 0.05) is 32.0 Å². The van der Waals surface area contributed by atoms with Crippen molar-refractivity contribution in [1.29, 1.82) is 0 Å². The molecule has 0 aliphatic heterocycles. The van der Waals surface area contributed by atoms with Crippen LogP contribution in [0.25, 0.3) is 0 Å². The van der Waals surface area contributed by atoms with Crippen molar-refractivity contribution >= 4 is 5.78 Å². The summed E-state index contributed by atoms with van der Waals surface area (Å²) in [6.07, 6.45) is 3.71. The molecule has 94 valence electrons. The van der Waals surface area contributed by atoms with Crippen molar-refractivity contribution in [3.8, 4) is 0 Å². The Balaban J connectivity index is 2.23. The zero-order valence-electron chi connectivity index (χ0n) is 11.0. The van der Waals surface area contributed by atoms with Gasteiger partial charge in [0.15, 0.2) is 0 Å². The Morgan fingerprint density at radius 1 is 1.12 bits per heavy atom. The van der Waals surface area contributed by atoms with Crippen molar-refractivity contribution in [2.45, 2.75) is 45.6 Å². The summed E-state index contributed by atoms with van der Waals surface area (Å²) in [5, 5.41) is 0. The van der Waals surface area contributed by atoms with Crippen LogP contribution in [0.1, 0.15) is 39.5 Å². The second kappa shape index (κ2) is 7.02. The Hall–Kier alpha value is -0.410. The standard InChI is InChI=1S/C13H26N2O/c1-4-15(5-2)11-10-14(3)12-6-8-13(16)9-7-12/h12H,4-11H2,1-3H3. The van der Waals surface area contributed by atoms with Crippen molar-refractivity contribution in [2.75, 3.05) is 33.2 Å². The van der Waals surface area contributed by atoms with Gasteiger partial charge in [-0.25, -0.2) is 0 Å². The molecule has 0 heterocycles. The Morgan fingerprint density at radius 3 is 2.19 bits per heavy atom. The van der Waals surface area contributed by atoms with Crippen LogP contribution < -0.4 is 0 Å². The number of carbonyl (C=O) groups excluding carboxylic acids is 1. The predicted octanol–water partition coefficient (Wildman–Crippen LogP) is 1.77. The number of rotatable bonds is 6.